The molecular formula is C16H8BCl4F6O2S2. The smallest absolute Gasteiger partial charge is 0.525 e. The van der Waals surface area contributed by atoms with E-state index in [2.05, 4.69) is 0 Å². The summed E-state index contributed by atoms with van der Waals surface area (Å²) in [6.07, 6.45) is -8.81. The summed E-state index contributed by atoms with van der Waals surface area (Å²) in [6, 6.07) is 4.78. The van der Waals surface area contributed by atoms with Gasteiger partial charge in [0, 0.05) is 9.79 Å². The number of halogens is 10. The van der Waals surface area contributed by atoms with E-state index in [9.17, 15) is 26.3 Å². The minimum absolute atomic E-state index is 0.000375. The molecule has 0 atom stereocenters. The molecule has 169 valence electrons. The van der Waals surface area contributed by atoms with Crippen molar-refractivity contribution < 1.29 is 35.7 Å². The van der Waals surface area contributed by atoms with Crippen molar-refractivity contribution in [2.24, 2.45) is 0 Å². The van der Waals surface area contributed by atoms with E-state index in [1.807, 2.05) is 0 Å². The highest BCUT2D eigenvalue weighted by Crippen LogP contribution is 2.40. The first-order valence-corrected chi connectivity index (χ1v) is 11.3. The van der Waals surface area contributed by atoms with Gasteiger partial charge in [-0.1, -0.05) is 46.4 Å². The quantitative estimate of drug-likeness (QED) is 0.182. The third kappa shape index (κ3) is 9.13. The molecule has 2 aromatic carbocycles. The lowest BCUT2D eigenvalue weighted by Gasteiger charge is -2.14. The predicted octanol–water partition coefficient (Wildman–Crippen LogP) is 8.60. The van der Waals surface area contributed by atoms with Gasteiger partial charge in [-0.05, 0) is 24.3 Å². The van der Waals surface area contributed by atoms with E-state index in [4.69, 9.17) is 55.7 Å². The zero-order chi connectivity index (χ0) is 23.4. The van der Waals surface area contributed by atoms with E-state index in [0.29, 0.717) is 23.5 Å². The van der Waals surface area contributed by atoms with Crippen LogP contribution in [0.15, 0.2) is 34.1 Å². The second kappa shape index (κ2) is 11.1. The van der Waals surface area contributed by atoms with Gasteiger partial charge >= 0.3 is 20.0 Å². The second-order valence-corrected chi connectivity index (χ2v) is 9.23. The van der Waals surface area contributed by atoms with Crippen LogP contribution in [0.3, 0.4) is 0 Å². The van der Waals surface area contributed by atoms with E-state index in [1.165, 1.54) is 24.3 Å². The monoisotopic (exact) mass is 561 g/mol. The highest BCUT2D eigenvalue weighted by atomic mass is 35.5. The maximum atomic E-state index is 12.4. The van der Waals surface area contributed by atoms with Crippen LogP contribution in [-0.2, 0) is 0 Å². The van der Waals surface area contributed by atoms with Gasteiger partial charge in [0.2, 0.25) is 0 Å². The molecule has 0 amide bonds. The number of benzene rings is 2. The first kappa shape index (κ1) is 26.8. The number of thioether (sulfide) groups is 2. The van der Waals surface area contributed by atoms with Crippen molar-refractivity contribution >= 4 is 77.6 Å². The first-order chi connectivity index (χ1) is 14.2. The lowest BCUT2D eigenvalue weighted by atomic mass is 10.3. The van der Waals surface area contributed by atoms with E-state index in [1.54, 1.807) is 0 Å². The largest absolute Gasteiger partial charge is 0.658 e. The first-order valence-electron chi connectivity index (χ1n) is 7.77. The molecule has 0 aliphatic carbocycles. The van der Waals surface area contributed by atoms with Gasteiger partial charge in [0.25, 0.3) is 0 Å². The fourth-order valence-corrected chi connectivity index (χ4v) is 4.47. The van der Waals surface area contributed by atoms with E-state index < -0.39 is 23.9 Å². The van der Waals surface area contributed by atoms with Gasteiger partial charge in [-0.25, -0.2) is 0 Å². The Labute approximate surface area is 202 Å². The SMILES string of the molecule is FC(F)(F)CSc1cc(O[B]Oc2cc(SCC(F)(F)F)c(Cl)cc2Cl)c(Cl)cc1Cl. The van der Waals surface area contributed by atoms with Gasteiger partial charge in [0.15, 0.2) is 0 Å². The third-order valence-electron chi connectivity index (χ3n) is 3.11. The number of rotatable bonds is 8. The van der Waals surface area contributed by atoms with Crippen molar-refractivity contribution in [3.8, 4) is 11.5 Å². The Morgan fingerprint density at radius 1 is 0.645 bits per heavy atom. The Morgan fingerprint density at radius 2 is 1.00 bits per heavy atom. The van der Waals surface area contributed by atoms with Gasteiger partial charge in [-0.2, -0.15) is 26.3 Å². The zero-order valence-electron chi connectivity index (χ0n) is 14.7. The summed E-state index contributed by atoms with van der Waals surface area (Å²) in [7, 11) is 0.765. The highest BCUT2D eigenvalue weighted by Gasteiger charge is 2.29. The Hall–Kier alpha value is -0.455. The Kier molecular flexibility index (Phi) is 9.60. The number of hydrogen-bond donors (Lipinski definition) is 0. The molecule has 0 aliphatic heterocycles. The molecule has 1 radical (unpaired) electrons. The number of hydrogen-bond acceptors (Lipinski definition) is 4. The normalized spacial score (nSPS) is 12.1. The fourth-order valence-electron chi connectivity index (χ4n) is 1.87. The highest BCUT2D eigenvalue weighted by molar-refractivity contribution is 7.99. The molecule has 0 fully saturated rings. The molecule has 0 bridgehead atoms. The average molecular weight is 563 g/mol. The third-order valence-corrected chi connectivity index (χ3v) is 6.79. The van der Waals surface area contributed by atoms with Gasteiger partial charge in [-0.3, -0.25) is 0 Å². The van der Waals surface area contributed by atoms with Crippen molar-refractivity contribution in [3.63, 3.8) is 0 Å². The molecule has 0 aromatic heterocycles. The van der Waals surface area contributed by atoms with Crippen molar-refractivity contribution in [3.05, 3.63) is 44.4 Å². The Bertz CT molecular complexity index is 857. The van der Waals surface area contributed by atoms with E-state index in [0.717, 1.165) is 7.69 Å². The molecule has 2 aromatic rings. The Balaban J connectivity index is 2.07. The summed E-state index contributed by atoms with van der Waals surface area (Å²) in [5.41, 5.74) is 0. The van der Waals surface area contributed by atoms with Crippen molar-refractivity contribution in [2.75, 3.05) is 11.5 Å². The minimum Gasteiger partial charge on any atom is -0.525 e. The molecule has 0 saturated carbocycles. The summed E-state index contributed by atoms with van der Waals surface area (Å²) in [6.45, 7) is 0. The predicted molar refractivity (Wildman–Crippen MR) is 113 cm³/mol. The van der Waals surface area contributed by atoms with Crippen molar-refractivity contribution in [2.45, 2.75) is 22.1 Å². The molecule has 0 heterocycles. The maximum Gasteiger partial charge on any atom is 0.658 e. The molecule has 0 N–H and O–H groups in total. The second-order valence-electron chi connectivity index (χ2n) is 5.57. The molecular weight excluding hydrogens is 555 g/mol. The topological polar surface area (TPSA) is 18.5 Å². The van der Waals surface area contributed by atoms with Crippen LogP contribution in [0.1, 0.15) is 0 Å². The summed E-state index contributed by atoms with van der Waals surface area (Å²) in [5.74, 6) is -2.47. The van der Waals surface area contributed by atoms with Crippen LogP contribution in [0.2, 0.25) is 20.1 Å². The molecule has 0 spiro atoms. The molecule has 0 unspecified atom stereocenters. The van der Waals surface area contributed by atoms with Gasteiger partial charge < -0.3 is 9.31 Å². The lowest BCUT2D eigenvalue weighted by Crippen LogP contribution is -2.12. The van der Waals surface area contributed by atoms with Crippen LogP contribution < -0.4 is 9.31 Å². The standard InChI is InChI=1S/C16H8BCl4F6O2S2/c18-7-1-9(20)13(30-5-15(22,23)24)3-11(7)28-17-29-12-4-14(10(21)2-8(12)19)31-6-16(25,26)27/h1-4H,5-6H2. The number of alkyl halides is 6. The summed E-state index contributed by atoms with van der Waals surface area (Å²) in [5, 5.41) is -0.0196. The van der Waals surface area contributed by atoms with Crippen LogP contribution in [-0.4, -0.2) is 31.5 Å². The molecule has 2 rings (SSSR count). The van der Waals surface area contributed by atoms with Gasteiger partial charge in [-0.15, -0.1) is 23.5 Å². The summed E-state index contributed by atoms with van der Waals surface area (Å²) < 4.78 is 85.0. The van der Waals surface area contributed by atoms with E-state index in [-0.39, 0.29) is 41.4 Å². The molecule has 2 nitrogen and oxygen atoms in total. The van der Waals surface area contributed by atoms with Crippen LogP contribution in [0.5, 0.6) is 11.5 Å². The van der Waals surface area contributed by atoms with Crippen LogP contribution in [0, 0.1) is 0 Å². The minimum atomic E-state index is -4.41. The average Bonchev–Trinajstić information content (AvgIpc) is 2.61. The van der Waals surface area contributed by atoms with Gasteiger partial charge in [0.1, 0.15) is 11.5 Å². The zero-order valence-corrected chi connectivity index (χ0v) is 19.4. The van der Waals surface area contributed by atoms with Crippen molar-refractivity contribution in [1.29, 1.82) is 0 Å². The molecule has 15 heteroatoms. The summed E-state index contributed by atoms with van der Waals surface area (Å²) >= 11 is 24.6. The van der Waals surface area contributed by atoms with E-state index >= 15 is 0 Å². The van der Waals surface area contributed by atoms with Crippen molar-refractivity contribution in [1.82, 2.24) is 0 Å². The lowest BCUT2D eigenvalue weighted by molar-refractivity contribution is -0.106. The maximum absolute atomic E-state index is 12.4. The van der Waals surface area contributed by atoms with Crippen LogP contribution in [0.4, 0.5) is 26.3 Å². The van der Waals surface area contributed by atoms with Crippen LogP contribution in [0.25, 0.3) is 0 Å². The Morgan fingerprint density at radius 3 is 1.32 bits per heavy atom. The molecule has 0 saturated heterocycles. The molecule has 0 aliphatic rings. The van der Waals surface area contributed by atoms with Crippen LogP contribution >= 0.6 is 69.9 Å². The van der Waals surface area contributed by atoms with Gasteiger partial charge in [0.05, 0.1) is 31.6 Å². The molecule has 31 heavy (non-hydrogen) atoms. The fraction of sp³-hybridized carbons (Fsp3) is 0.250. The summed E-state index contributed by atoms with van der Waals surface area (Å²) in [4.78, 5) is 0.143.